The first-order valence-electron chi connectivity index (χ1n) is 5.17. The molecule has 8 heteroatoms. The fourth-order valence-corrected chi connectivity index (χ4v) is 1.60. The average Bonchev–Trinajstić information content (AvgIpc) is 2.38. The number of carbonyl (C=O) groups excluding carboxylic acids is 2. The van der Waals surface area contributed by atoms with Gasteiger partial charge in [-0.3, -0.25) is 9.59 Å². The summed E-state index contributed by atoms with van der Waals surface area (Å²) in [5.41, 5.74) is 5.69. The molecule has 0 heterocycles. The van der Waals surface area contributed by atoms with Gasteiger partial charge >= 0.3 is 0 Å². The van der Waals surface area contributed by atoms with Crippen molar-refractivity contribution in [3.05, 3.63) is 22.7 Å². The van der Waals surface area contributed by atoms with E-state index < -0.39 is 0 Å². The summed E-state index contributed by atoms with van der Waals surface area (Å²) >= 11 is 3.31. The molecule has 0 aliphatic rings. The number of benzene rings is 1. The second kappa shape index (κ2) is 8.73. The van der Waals surface area contributed by atoms with Gasteiger partial charge in [0.2, 0.25) is 11.8 Å². The van der Waals surface area contributed by atoms with Gasteiger partial charge in [-0.25, -0.2) is 0 Å². The zero-order chi connectivity index (χ0) is 13.5. The van der Waals surface area contributed by atoms with E-state index in [2.05, 4.69) is 26.6 Å². The molecule has 0 spiro atoms. The summed E-state index contributed by atoms with van der Waals surface area (Å²) in [5, 5.41) is 5.00. The Balaban J connectivity index is 0.00000324. The number of anilines is 1. The van der Waals surface area contributed by atoms with E-state index in [0.29, 0.717) is 11.4 Å². The standard InChI is InChI=1S/C11H14BrN3O3.ClH/c1-18-9-4-7(2-3-8(9)12)15-11(17)6-14-10(16)5-13;/h2-4H,5-6,13H2,1H3,(H,14,16)(H,15,17);1H. The second-order valence-corrected chi connectivity index (χ2v) is 4.23. The minimum Gasteiger partial charge on any atom is -0.495 e. The molecule has 4 N–H and O–H groups in total. The normalized spacial score (nSPS) is 9.21. The summed E-state index contributed by atoms with van der Waals surface area (Å²) < 4.78 is 5.89. The molecule has 0 fully saturated rings. The van der Waals surface area contributed by atoms with Gasteiger partial charge in [-0.05, 0) is 28.1 Å². The van der Waals surface area contributed by atoms with Crippen LogP contribution in [0.5, 0.6) is 5.75 Å². The lowest BCUT2D eigenvalue weighted by Crippen LogP contribution is -2.36. The first-order valence-corrected chi connectivity index (χ1v) is 5.96. The Kier molecular flexibility index (Phi) is 8.13. The van der Waals surface area contributed by atoms with E-state index in [-0.39, 0.29) is 37.3 Å². The van der Waals surface area contributed by atoms with E-state index in [1.165, 1.54) is 7.11 Å². The summed E-state index contributed by atoms with van der Waals surface area (Å²) in [6, 6.07) is 5.15. The zero-order valence-corrected chi connectivity index (χ0v) is 12.6. The van der Waals surface area contributed by atoms with Crippen molar-refractivity contribution in [2.45, 2.75) is 0 Å². The van der Waals surface area contributed by atoms with E-state index in [9.17, 15) is 9.59 Å². The van der Waals surface area contributed by atoms with Crippen molar-refractivity contribution in [2.75, 3.05) is 25.5 Å². The monoisotopic (exact) mass is 351 g/mol. The van der Waals surface area contributed by atoms with Crippen LogP contribution >= 0.6 is 28.3 Å². The molecule has 1 aromatic rings. The Bertz CT molecular complexity index is 457. The van der Waals surface area contributed by atoms with Gasteiger partial charge in [-0.1, -0.05) is 0 Å². The molecule has 0 atom stereocenters. The van der Waals surface area contributed by atoms with Crippen LogP contribution in [0.25, 0.3) is 0 Å². The first-order chi connectivity index (χ1) is 8.56. The molecule has 19 heavy (non-hydrogen) atoms. The number of rotatable bonds is 5. The highest BCUT2D eigenvalue weighted by atomic mass is 79.9. The quantitative estimate of drug-likeness (QED) is 0.734. The van der Waals surface area contributed by atoms with Crippen molar-refractivity contribution in [1.29, 1.82) is 0 Å². The fourth-order valence-electron chi connectivity index (χ4n) is 1.19. The Morgan fingerprint density at radius 1 is 1.37 bits per heavy atom. The number of carbonyl (C=O) groups is 2. The maximum absolute atomic E-state index is 11.5. The van der Waals surface area contributed by atoms with Crippen LogP contribution in [0.1, 0.15) is 0 Å². The number of hydrogen-bond acceptors (Lipinski definition) is 4. The van der Waals surface area contributed by atoms with Crippen LogP contribution in [0.4, 0.5) is 5.69 Å². The molecule has 0 aromatic heterocycles. The molecule has 0 aliphatic carbocycles. The topological polar surface area (TPSA) is 93.5 Å². The molecule has 1 rings (SSSR count). The van der Waals surface area contributed by atoms with E-state index >= 15 is 0 Å². The molecule has 0 unspecified atom stereocenters. The van der Waals surface area contributed by atoms with Gasteiger partial charge in [0.1, 0.15) is 5.75 Å². The Hall–Kier alpha value is -1.31. The lowest BCUT2D eigenvalue weighted by molar-refractivity contribution is -0.123. The first kappa shape index (κ1) is 17.7. The molecule has 0 saturated carbocycles. The number of hydrogen-bond donors (Lipinski definition) is 3. The second-order valence-electron chi connectivity index (χ2n) is 3.38. The highest BCUT2D eigenvalue weighted by molar-refractivity contribution is 9.10. The van der Waals surface area contributed by atoms with Crippen LogP contribution in [0.2, 0.25) is 0 Å². The molecule has 2 amide bonds. The molecule has 0 bridgehead atoms. The Labute approximate surface area is 125 Å². The molecular weight excluding hydrogens is 337 g/mol. The Morgan fingerprint density at radius 2 is 2.05 bits per heavy atom. The van der Waals surface area contributed by atoms with Gasteiger partial charge in [0, 0.05) is 11.8 Å². The van der Waals surface area contributed by atoms with Crippen molar-refractivity contribution in [3.8, 4) is 5.75 Å². The lowest BCUT2D eigenvalue weighted by Gasteiger charge is -2.09. The molecule has 1 aromatic carbocycles. The molecule has 106 valence electrons. The van der Waals surface area contributed by atoms with Crippen molar-refractivity contribution in [3.63, 3.8) is 0 Å². The van der Waals surface area contributed by atoms with Crippen LogP contribution in [0, 0.1) is 0 Å². The highest BCUT2D eigenvalue weighted by Gasteiger charge is 2.06. The van der Waals surface area contributed by atoms with Crippen LogP contribution in [0.3, 0.4) is 0 Å². The van der Waals surface area contributed by atoms with Crippen molar-refractivity contribution >= 4 is 45.8 Å². The molecule has 6 nitrogen and oxygen atoms in total. The molecular formula is C11H15BrClN3O3. The maximum Gasteiger partial charge on any atom is 0.243 e. The largest absolute Gasteiger partial charge is 0.495 e. The van der Waals surface area contributed by atoms with E-state index in [1.807, 2.05) is 0 Å². The van der Waals surface area contributed by atoms with Crippen molar-refractivity contribution in [1.82, 2.24) is 5.32 Å². The average molecular weight is 353 g/mol. The van der Waals surface area contributed by atoms with Gasteiger partial charge < -0.3 is 21.1 Å². The summed E-state index contributed by atoms with van der Waals surface area (Å²) in [5.74, 6) is -0.0986. The fraction of sp³-hybridized carbons (Fsp3) is 0.273. The maximum atomic E-state index is 11.5. The van der Waals surface area contributed by atoms with Crippen LogP contribution < -0.4 is 21.1 Å². The van der Waals surface area contributed by atoms with Gasteiger partial charge in [-0.2, -0.15) is 0 Å². The number of methoxy groups -OCH3 is 1. The SMILES string of the molecule is COc1cc(NC(=O)CNC(=O)CN)ccc1Br.Cl. The third-order valence-electron chi connectivity index (χ3n) is 2.07. The third-order valence-corrected chi connectivity index (χ3v) is 2.72. The summed E-state index contributed by atoms with van der Waals surface area (Å²) in [6.45, 7) is -0.256. The predicted molar refractivity (Wildman–Crippen MR) is 78.6 cm³/mol. The zero-order valence-electron chi connectivity index (χ0n) is 10.2. The molecule has 0 aliphatic heterocycles. The Morgan fingerprint density at radius 3 is 2.63 bits per heavy atom. The number of halogens is 2. The number of ether oxygens (including phenoxy) is 1. The van der Waals surface area contributed by atoms with Gasteiger partial charge in [0.15, 0.2) is 0 Å². The lowest BCUT2D eigenvalue weighted by atomic mass is 10.3. The van der Waals surface area contributed by atoms with Gasteiger partial charge in [-0.15, -0.1) is 12.4 Å². The summed E-state index contributed by atoms with van der Waals surface area (Å²) in [6.07, 6.45) is 0. The van der Waals surface area contributed by atoms with Crippen LogP contribution in [-0.2, 0) is 9.59 Å². The van der Waals surface area contributed by atoms with Crippen LogP contribution in [-0.4, -0.2) is 32.0 Å². The smallest absolute Gasteiger partial charge is 0.243 e. The van der Waals surface area contributed by atoms with Gasteiger partial charge in [0.25, 0.3) is 0 Å². The van der Waals surface area contributed by atoms with Crippen LogP contribution in [0.15, 0.2) is 22.7 Å². The van der Waals surface area contributed by atoms with Gasteiger partial charge in [0.05, 0.1) is 24.7 Å². The van der Waals surface area contributed by atoms with E-state index in [4.69, 9.17) is 10.5 Å². The number of nitrogens with one attached hydrogen (secondary N) is 2. The predicted octanol–water partition coefficient (Wildman–Crippen LogP) is 0.893. The van der Waals surface area contributed by atoms with E-state index in [0.717, 1.165) is 4.47 Å². The molecule has 0 radical (unpaired) electrons. The summed E-state index contributed by atoms with van der Waals surface area (Å²) in [7, 11) is 1.53. The number of nitrogens with two attached hydrogens (primary N) is 1. The summed E-state index contributed by atoms with van der Waals surface area (Å²) in [4.78, 5) is 22.4. The number of amides is 2. The third kappa shape index (κ3) is 5.91. The minimum absolute atomic E-state index is 0. The van der Waals surface area contributed by atoms with E-state index in [1.54, 1.807) is 18.2 Å². The highest BCUT2D eigenvalue weighted by Crippen LogP contribution is 2.27. The van der Waals surface area contributed by atoms with Crippen molar-refractivity contribution < 1.29 is 14.3 Å². The minimum atomic E-state index is -0.376. The molecule has 0 saturated heterocycles. The van der Waals surface area contributed by atoms with Crippen molar-refractivity contribution in [2.24, 2.45) is 5.73 Å².